The number of hydrogen-bond donors (Lipinski definition) is 2. The van der Waals surface area contributed by atoms with E-state index in [1.54, 1.807) is 0 Å². The van der Waals surface area contributed by atoms with Gasteiger partial charge in [-0.3, -0.25) is 15.0 Å². The zero-order valence-corrected chi connectivity index (χ0v) is 6.60. The smallest absolute Gasteiger partial charge is 0.294 e. The minimum absolute atomic E-state index is 0.0720. The van der Waals surface area contributed by atoms with Gasteiger partial charge in [0.05, 0.1) is 6.10 Å². The normalized spacial score (nSPS) is 28.0. The van der Waals surface area contributed by atoms with Gasteiger partial charge in [-0.25, -0.2) is 5.84 Å². The van der Waals surface area contributed by atoms with Crippen molar-refractivity contribution in [2.45, 2.75) is 25.3 Å². The van der Waals surface area contributed by atoms with Gasteiger partial charge < -0.3 is 0 Å². The quantitative estimate of drug-likeness (QED) is 0.381. The number of hydrazine groups is 1. The second-order valence-electron chi connectivity index (χ2n) is 2.86. The topological polar surface area (TPSA) is 64.3 Å². The molecule has 76 valence electrons. The Bertz CT molecular complexity index is 201. The molecule has 1 aliphatic carbocycles. The molecule has 7 heteroatoms. The molecule has 1 aliphatic rings. The maximum Gasteiger partial charge on any atom is 0.522 e. The molecule has 0 spiro atoms. The molecule has 0 bridgehead atoms. The molecule has 0 heterocycles. The van der Waals surface area contributed by atoms with Crippen LogP contribution >= 0.6 is 0 Å². The number of carbonyl (C=O) groups excluding carboxylic acids is 1. The van der Waals surface area contributed by atoms with E-state index < -0.39 is 24.3 Å². The number of ether oxygens (including phenoxy) is 1. The molecule has 3 N–H and O–H groups in total. The molecule has 1 fully saturated rings. The van der Waals surface area contributed by atoms with Gasteiger partial charge in [0.15, 0.2) is 0 Å². The van der Waals surface area contributed by atoms with E-state index in [-0.39, 0.29) is 12.8 Å². The van der Waals surface area contributed by atoms with E-state index in [0.717, 1.165) is 0 Å². The molecule has 0 aromatic carbocycles. The first-order valence-corrected chi connectivity index (χ1v) is 3.67. The Morgan fingerprint density at radius 1 is 1.46 bits per heavy atom. The number of amides is 1. The van der Waals surface area contributed by atoms with Gasteiger partial charge in [-0.1, -0.05) is 0 Å². The zero-order chi connectivity index (χ0) is 10.1. The van der Waals surface area contributed by atoms with E-state index >= 15 is 0 Å². The van der Waals surface area contributed by atoms with Gasteiger partial charge in [0.1, 0.15) is 0 Å². The predicted molar refractivity (Wildman–Crippen MR) is 36.0 cm³/mol. The van der Waals surface area contributed by atoms with Gasteiger partial charge in [0, 0.05) is 5.92 Å². The lowest BCUT2D eigenvalue weighted by Crippen LogP contribution is -2.46. The monoisotopic (exact) mass is 198 g/mol. The first-order chi connectivity index (χ1) is 5.92. The summed E-state index contributed by atoms with van der Waals surface area (Å²) in [4.78, 5) is 10.7. The molecule has 0 aliphatic heterocycles. The Balaban J connectivity index is 2.22. The van der Waals surface area contributed by atoms with Gasteiger partial charge in [-0.2, -0.15) is 0 Å². The van der Waals surface area contributed by atoms with Crippen LogP contribution in [0, 0.1) is 5.92 Å². The fourth-order valence-corrected chi connectivity index (χ4v) is 1.18. The van der Waals surface area contributed by atoms with Crippen LogP contribution in [0.5, 0.6) is 0 Å². The van der Waals surface area contributed by atoms with Crippen LogP contribution < -0.4 is 11.3 Å². The van der Waals surface area contributed by atoms with Crippen molar-refractivity contribution in [3.63, 3.8) is 0 Å². The van der Waals surface area contributed by atoms with Crippen LogP contribution in [0.3, 0.4) is 0 Å². The van der Waals surface area contributed by atoms with E-state index in [2.05, 4.69) is 4.74 Å². The average Bonchev–Trinajstić information content (AvgIpc) is 1.92. The van der Waals surface area contributed by atoms with Crippen LogP contribution in [0.2, 0.25) is 0 Å². The Hall–Kier alpha value is -0.820. The molecule has 0 saturated heterocycles. The first kappa shape index (κ1) is 10.3. The second-order valence-corrected chi connectivity index (χ2v) is 2.86. The Morgan fingerprint density at radius 3 is 2.38 bits per heavy atom. The van der Waals surface area contributed by atoms with Gasteiger partial charge in [-0.15, -0.1) is 13.2 Å². The molecule has 1 rings (SSSR count). The van der Waals surface area contributed by atoms with Crippen LogP contribution in [-0.4, -0.2) is 18.4 Å². The van der Waals surface area contributed by atoms with E-state index in [1.165, 1.54) is 0 Å². The molecular weight excluding hydrogens is 189 g/mol. The van der Waals surface area contributed by atoms with Crippen molar-refractivity contribution < 1.29 is 22.7 Å². The Kier molecular flexibility index (Phi) is 2.77. The van der Waals surface area contributed by atoms with E-state index in [9.17, 15) is 18.0 Å². The van der Waals surface area contributed by atoms with E-state index in [1.807, 2.05) is 5.43 Å². The Morgan fingerprint density at radius 2 is 2.00 bits per heavy atom. The van der Waals surface area contributed by atoms with Gasteiger partial charge >= 0.3 is 6.36 Å². The number of halogens is 3. The maximum absolute atomic E-state index is 11.6. The van der Waals surface area contributed by atoms with E-state index in [4.69, 9.17) is 5.84 Å². The molecule has 0 aromatic rings. The summed E-state index contributed by atoms with van der Waals surface area (Å²) in [6, 6.07) is 0. The average molecular weight is 198 g/mol. The summed E-state index contributed by atoms with van der Waals surface area (Å²) in [5, 5.41) is 0. The third-order valence-corrected chi connectivity index (χ3v) is 1.91. The molecule has 0 unspecified atom stereocenters. The highest BCUT2D eigenvalue weighted by atomic mass is 19.4. The number of carbonyl (C=O) groups is 1. The zero-order valence-electron chi connectivity index (χ0n) is 6.60. The summed E-state index contributed by atoms with van der Waals surface area (Å²) in [5.41, 5.74) is 1.87. The lowest BCUT2D eigenvalue weighted by atomic mass is 9.82. The number of rotatable bonds is 2. The molecule has 4 nitrogen and oxygen atoms in total. The van der Waals surface area contributed by atoms with Crippen molar-refractivity contribution >= 4 is 5.91 Å². The van der Waals surface area contributed by atoms with Gasteiger partial charge in [0.2, 0.25) is 5.91 Å². The number of nitrogens with two attached hydrogens (primary N) is 1. The van der Waals surface area contributed by atoms with Crippen LogP contribution in [0.25, 0.3) is 0 Å². The number of hydrogen-bond acceptors (Lipinski definition) is 3. The third-order valence-electron chi connectivity index (χ3n) is 1.91. The highest BCUT2D eigenvalue weighted by molar-refractivity contribution is 5.78. The fraction of sp³-hybridized carbons (Fsp3) is 0.833. The molecule has 0 aromatic heterocycles. The molecule has 0 atom stereocenters. The van der Waals surface area contributed by atoms with Crippen LogP contribution in [-0.2, 0) is 9.53 Å². The SMILES string of the molecule is NNC(=O)[C@H]1C[C@@H](OC(F)(F)F)C1. The van der Waals surface area contributed by atoms with Crippen LogP contribution in [0.1, 0.15) is 12.8 Å². The molecule has 1 amide bonds. The minimum Gasteiger partial charge on any atom is -0.294 e. The van der Waals surface area contributed by atoms with Crippen LogP contribution in [0.15, 0.2) is 0 Å². The predicted octanol–water partition coefficient (Wildman–Crippen LogP) is 0.291. The molecular formula is C6H9F3N2O2. The standard InChI is InChI=1S/C6H9F3N2O2/c7-6(8,9)13-4-1-3(2-4)5(12)11-10/h3-4H,1-2,10H2,(H,11,12)/t3-,4+. The highest BCUT2D eigenvalue weighted by Crippen LogP contribution is 2.34. The largest absolute Gasteiger partial charge is 0.522 e. The van der Waals surface area contributed by atoms with Crippen molar-refractivity contribution in [3.05, 3.63) is 0 Å². The second kappa shape index (κ2) is 3.51. The lowest BCUT2D eigenvalue weighted by molar-refractivity contribution is -0.353. The summed E-state index contributed by atoms with van der Waals surface area (Å²) < 4.78 is 38.4. The van der Waals surface area contributed by atoms with E-state index in [0.29, 0.717) is 0 Å². The molecule has 13 heavy (non-hydrogen) atoms. The van der Waals surface area contributed by atoms with Crippen LogP contribution in [0.4, 0.5) is 13.2 Å². The Labute approximate surface area is 72.2 Å². The summed E-state index contributed by atoms with van der Waals surface area (Å²) in [7, 11) is 0. The summed E-state index contributed by atoms with van der Waals surface area (Å²) in [6.07, 6.45) is -5.37. The van der Waals surface area contributed by atoms with Gasteiger partial charge in [-0.05, 0) is 12.8 Å². The van der Waals surface area contributed by atoms with Crippen molar-refractivity contribution in [2.75, 3.05) is 0 Å². The molecule has 1 saturated carbocycles. The first-order valence-electron chi connectivity index (χ1n) is 3.67. The maximum atomic E-state index is 11.6. The van der Waals surface area contributed by atoms with Crippen molar-refractivity contribution in [3.8, 4) is 0 Å². The lowest BCUT2D eigenvalue weighted by Gasteiger charge is -2.33. The number of alkyl halides is 3. The molecule has 0 radical (unpaired) electrons. The number of nitrogens with one attached hydrogen (secondary N) is 1. The summed E-state index contributed by atoms with van der Waals surface area (Å²) in [5.74, 6) is 3.90. The van der Waals surface area contributed by atoms with Crippen molar-refractivity contribution in [1.82, 2.24) is 5.43 Å². The highest BCUT2D eigenvalue weighted by Gasteiger charge is 2.42. The third kappa shape index (κ3) is 2.85. The van der Waals surface area contributed by atoms with Crippen molar-refractivity contribution in [1.29, 1.82) is 0 Å². The minimum atomic E-state index is -4.62. The fourth-order valence-electron chi connectivity index (χ4n) is 1.18. The van der Waals surface area contributed by atoms with Crippen molar-refractivity contribution in [2.24, 2.45) is 11.8 Å². The van der Waals surface area contributed by atoms with Gasteiger partial charge in [0.25, 0.3) is 0 Å². The summed E-state index contributed by atoms with van der Waals surface area (Å²) >= 11 is 0. The summed E-state index contributed by atoms with van der Waals surface area (Å²) in [6.45, 7) is 0.